The highest BCUT2D eigenvalue weighted by Gasteiger charge is 2.11. The van der Waals surface area contributed by atoms with E-state index in [9.17, 15) is 4.79 Å². The summed E-state index contributed by atoms with van der Waals surface area (Å²) in [6, 6.07) is 5.39. The minimum atomic E-state index is 0.0676. The van der Waals surface area contributed by atoms with Gasteiger partial charge < -0.3 is 0 Å². The van der Waals surface area contributed by atoms with Crippen LogP contribution in [0.15, 0.2) is 18.2 Å². The summed E-state index contributed by atoms with van der Waals surface area (Å²) in [5, 5.41) is 0.685. The summed E-state index contributed by atoms with van der Waals surface area (Å²) in [5.74, 6) is 0.326. The van der Waals surface area contributed by atoms with Crippen LogP contribution in [0.2, 0.25) is 5.02 Å². The molecule has 0 aromatic heterocycles. The molecule has 0 aliphatic heterocycles. The summed E-state index contributed by atoms with van der Waals surface area (Å²) in [5.41, 5.74) is 1.78. The van der Waals surface area contributed by atoms with Gasteiger partial charge in [-0.25, -0.2) is 0 Å². The van der Waals surface area contributed by atoms with Gasteiger partial charge in [-0.05, 0) is 29.7 Å². The third-order valence-corrected chi connectivity index (χ3v) is 2.66. The van der Waals surface area contributed by atoms with Gasteiger partial charge in [0.1, 0.15) is 0 Å². The monoisotopic (exact) mass is 308 g/mol. The third-order valence-electron chi connectivity index (χ3n) is 1.85. The molecular weight excluding hydrogens is 298 g/mol. The maximum absolute atomic E-state index is 11.2. The van der Waals surface area contributed by atoms with E-state index in [1.807, 2.05) is 6.07 Å². The number of carbonyl (C=O) groups excluding carboxylic acids is 1. The van der Waals surface area contributed by atoms with E-state index in [1.54, 1.807) is 34.7 Å². The zero-order valence-corrected chi connectivity index (χ0v) is 10.4. The highest BCUT2D eigenvalue weighted by molar-refractivity contribution is 14.1. The Morgan fingerprint density at radius 3 is 2.54 bits per heavy atom. The molecule has 0 saturated carbocycles. The Labute approximate surface area is 96.6 Å². The van der Waals surface area contributed by atoms with E-state index < -0.39 is 0 Å². The minimum Gasteiger partial charge on any atom is -0.282 e. The summed E-state index contributed by atoms with van der Waals surface area (Å²) in [6.45, 7) is 4.10. The van der Waals surface area contributed by atoms with E-state index in [0.717, 1.165) is 11.1 Å². The summed E-state index contributed by atoms with van der Waals surface area (Å²) in [4.78, 5) is 11.2. The number of hydrogen-bond donors (Lipinski definition) is 0. The molecule has 0 unspecified atom stereocenters. The fraction of sp³-hybridized carbons (Fsp3) is 0.300. The van der Waals surface area contributed by atoms with Crippen LogP contribution in [0.3, 0.4) is 0 Å². The van der Waals surface area contributed by atoms with E-state index in [0.29, 0.717) is 10.9 Å². The van der Waals surface area contributed by atoms with E-state index in [4.69, 9.17) is 11.6 Å². The van der Waals surface area contributed by atoms with Gasteiger partial charge in [-0.1, -0.05) is 25.4 Å². The summed E-state index contributed by atoms with van der Waals surface area (Å²) >= 11 is 7.65. The molecule has 0 fully saturated rings. The molecule has 0 N–H and O–H groups in total. The van der Waals surface area contributed by atoms with Crippen molar-refractivity contribution in [3.8, 4) is 0 Å². The molecule has 1 nitrogen and oxygen atoms in total. The van der Waals surface area contributed by atoms with Crippen molar-refractivity contribution < 1.29 is 4.79 Å². The highest BCUT2D eigenvalue weighted by Crippen LogP contribution is 2.25. The molecule has 0 heterocycles. The van der Waals surface area contributed by atoms with Crippen molar-refractivity contribution in [2.45, 2.75) is 19.8 Å². The fourth-order valence-electron chi connectivity index (χ4n) is 1.19. The van der Waals surface area contributed by atoms with Crippen LogP contribution in [0.4, 0.5) is 0 Å². The van der Waals surface area contributed by atoms with Crippen LogP contribution in [0.1, 0.15) is 35.7 Å². The van der Waals surface area contributed by atoms with Crippen molar-refractivity contribution in [2.24, 2.45) is 0 Å². The summed E-state index contributed by atoms with van der Waals surface area (Å²) < 4.78 is 0.0676. The second-order valence-corrected chi connectivity index (χ2v) is 4.58. The normalized spacial score (nSPS) is 10.5. The van der Waals surface area contributed by atoms with Gasteiger partial charge in [-0.15, -0.1) is 0 Å². The standard InChI is InChI=1S/C10H10ClIO/c1-6(2)9-5-7(11)3-4-8(9)10(12)13/h3-6H,1-2H3. The molecule has 13 heavy (non-hydrogen) atoms. The Hall–Kier alpha value is -0.0900. The van der Waals surface area contributed by atoms with Gasteiger partial charge in [0.2, 0.25) is 3.79 Å². The zero-order chi connectivity index (χ0) is 10.0. The van der Waals surface area contributed by atoms with E-state index >= 15 is 0 Å². The lowest BCUT2D eigenvalue weighted by Crippen LogP contribution is -1.98. The fourth-order valence-corrected chi connectivity index (χ4v) is 1.86. The molecule has 70 valence electrons. The van der Waals surface area contributed by atoms with Gasteiger partial charge in [-0.3, -0.25) is 4.79 Å². The van der Waals surface area contributed by atoms with Gasteiger partial charge in [-0.2, -0.15) is 0 Å². The molecule has 1 aromatic rings. The van der Waals surface area contributed by atoms with Crippen LogP contribution in [0, 0.1) is 0 Å². The molecule has 0 spiro atoms. The van der Waals surface area contributed by atoms with Gasteiger partial charge >= 0.3 is 0 Å². The molecule has 0 saturated heterocycles. The Morgan fingerprint density at radius 1 is 1.46 bits per heavy atom. The number of halogens is 2. The van der Waals surface area contributed by atoms with Crippen molar-refractivity contribution in [2.75, 3.05) is 0 Å². The van der Waals surface area contributed by atoms with Crippen LogP contribution in [-0.4, -0.2) is 3.79 Å². The van der Waals surface area contributed by atoms with Gasteiger partial charge in [0.15, 0.2) is 0 Å². The van der Waals surface area contributed by atoms with Crippen molar-refractivity contribution in [3.05, 3.63) is 34.3 Å². The first-order valence-electron chi connectivity index (χ1n) is 4.01. The van der Waals surface area contributed by atoms with Crippen molar-refractivity contribution in [3.63, 3.8) is 0 Å². The molecule has 0 atom stereocenters. The Morgan fingerprint density at radius 2 is 2.08 bits per heavy atom. The lowest BCUT2D eigenvalue weighted by molar-refractivity contribution is 0.110. The first-order chi connectivity index (χ1) is 6.02. The van der Waals surface area contributed by atoms with Crippen LogP contribution in [0.25, 0.3) is 0 Å². The summed E-state index contributed by atoms with van der Waals surface area (Å²) in [7, 11) is 0. The van der Waals surface area contributed by atoms with E-state index in [2.05, 4.69) is 13.8 Å². The maximum atomic E-state index is 11.2. The average molecular weight is 309 g/mol. The first-order valence-corrected chi connectivity index (χ1v) is 5.47. The minimum absolute atomic E-state index is 0.0676. The van der Waals surface area contributed by atoms with Crippen LogP contribution >= 0.6 is 34.2 Å². The van der Waals surface area contributed by atoms with Gasteiger partial charge in [0.05, 0.1) is 0 Å². The number of rotatable bonds is 2. The molecular formula is C10H10ClIO. The molecule has 0 aliphatic carbocycles. The third kappa shape index (κ3) is 2.68. The average Bonchev–Trinajstić information content (AvgIpc) is 2.03. The molecule has 0 bridgehead atoms. The van der Waals surface area contributed by atoms with Crippen molar-refractivity contribution >= 4 is 38.0 Å². The predicted molar refractivity (Wildman–Crippen MR) is 63.9 cm³/mol. The second kappa shape index (κ2) is 4.42. The number of hydrogen-bond acceptors (Lipinski definition) is 1. The topological polar surface area (TPSA) is 17.1 Å². The van der Waals surface area contributed by atoms with Crippen LogP contribution < -0.4 is 0 Å². The quantitative estimate of drug-likeness (QED) is 0.595. The molecule has 3 heteroatoms. The SMILES string of the molecule is CC(C)c1cc(Cl)ccc1C(=O)I. The lowest BCUT2D eigenvalue weighted by Gasteiger charge is -2.09. The van der Waals surface area contributed by atoms with Gasteiger partial charge in [0.25, 0.3) is 0 Å². The van der Waals surface area contributed by atoms with Crippen molar-refractivity contribution in [1.82, 2.24) is 0 Å². The zero-order valence-electron chi connectivity index (χ0n) is 7.47. The summed E-state index contributed by atoms with van der Waals surface area (Å²) in [6.07, 6.45) is 0. The van der Waals surface area contributed by atoms with E-state index in [1.165, 1.54) is 0 Å². The van der Waals surface area contributed by atoms with Crippen LogP contribution in [-0.2, 0) is 0 Å². The number of carbonyl (C=O) groups is 1. The molecule has 0 radical (unpaired) electrons. The number of benzene rings is 1. The predicted octanol–water partition coefficient (Wildman–Crippen LogP) is 4.04. The molecule has 1 aromatic carbocycles. The van der Waals surface area contributed by atoms with Crippen molar-refractivity contribution in [1.29, 1.82) is 0 Å². The van der Waals surface area contributed by atoms with Gasteiger partial charge in [0, 0.05) is 33.2 Å². The Balaban J connectivity index is 3.26. The largest absolute Gasteiger partial charge is 0.282 e. The highest BCUT2D eigenvalue weighted by atomic mass is 127. The first kappa shape index (κ1) is 11.0. The second-order valence-electron chi connectivity index (χ2n) is 3.16. The maximum Gasteiger partial charge on any atom is 0.222 e. The van der Waals surface area contributed by atoms with Crippen LogP contribution in [0.5, 0.6) is 0 Å². The Bertz CT molecular complexity index is 334. The molecule has 0 aliphatic rings. The smallest absolute Gasteiger partial charge is 0.222 e. The molecule has 0 amide bonds. The van der Waals surface area contributed by atoms with E-state index in [-0.39, 0.29) is 3.79 Å². The molecule has 1 rings (SSSR count). The Kier molecular flexibility index (Phi) is 3.74. The lowest BCUT2D eigenvalue weighted by atomic mass is 9.98.